The van der Waals surface area contributed by atoms with E-state index < -0.39 is 0 Å². The number of aromatic amines is 1. The van der Waals surface area contributed by atoms with E-state index in [9.17, 15) is 4.79 Å². The molecule has 2 aromatic heterocycles. The number of nitrogens with zero attached hydrogens (tertiary/aromatic N) is 3. The van der Waals surface area contributed by atoms with Crippen molar-refractivity contribution in [2.45, 2.75) is 6.54 Å². The predicted octanol–water partition coefficient (Wildman–Crippen LogP) is 2.30. The van der Waals surface area contributed by atoms with E-state index in [4.69, 9.17) is 4.98 Å². The molecule has 0 spiro atoms. The highest BCUT2D eigenvalue weighted by molar-refractivity contribution is 7.17. The maximum Gasteiger partial charge on any atom is 0.260 e. The fourth-order valence-electron chi connectivity index (χ4n) is 4.18. The number of quaternary nitrogens is 1. The number of thiophene rings is 1. The molecule has 6 heteroatoms. The minimum absolute atomic E-state index is 0.00560. The molecule has 0 unspecified atom stereocenters. The molecule has 2 bridgehead atoms. The third-order valence-electron chi connectivity index (χ3n) is 5.73. The molecule has 0 radical (unpaired) electrons. The monoisotopic (exact) mass is 353 g/mol. The molecule has 1 aromatic carbocycles. The zero-order valence-electron chi connectivity index (χ0n) is 14.1. The molecule has 5 nitrogen and oxygen atoms in total. The highest BCUT2D eigenvalue weighted by atomic mass is 32.1. The van der Waals surface area contributed by atoms with Crippen LogP contribution in [0, 0.1) is 0 Å². The van der Waals surface area contributed by atoms with Crippen LogP contribution in [0.1, 0.15) is 5.82 Å². The van der Waals surface area contributed by atoms with E-state index in [1.54, 1.807) is 11.3 Å². The lowest BCUT2D eigenvalue weighted by atomic mass is 10.1. The standard InChI is InChI=1S/C19H20N4OS/c24-18-17-15(14-4-2-1-3-5-14)13-25-19(17)21-16(20-18)12-23-9-6-22(7-10-23)8-11-23/h1-5,13H,6-12H2/p+1. The van der Waals surface area contributed by atoms with Crippen molar-refractivity contribution in [1.82, 2.24) is 14.9 Å². The van der Waals surface area contributed by atoms with Gasteiger partial charge in [-0.15, -0.1) is 11.3 Å². The van der Waals surface area contributed by atoms with Crippen molar-refractivity contribution >= 4 is 21.6 Å². The Labute approximate surface area is 150 Å². The van der Waals surface area contributed by atoms with E-state index in [0.29, 0.717) is 0 Å². The van der Waals surface area contributed by atoms with Crippen molar-refractivity contribution in [3.05, 3.63) is 51.9 Å². The summed E-state index contributed by atoms with van der Waals surface area (Å²) in [5, 5.41) is 2.78. The molecule has 25 heavy (non-hydrogen) atoms. The van der Waals surface area contributed by atoms with Crippen LogP contribution in [0.15, 0.2) is 40.5 Å². The fraction of sp³-hybridized carbons (Fsp3) is 0.368. The second-order valence-electron chi connectivity index (χ2n) is 7.22. The van der Waals surface area contributed by atoms with Crippen LogP contribution in [-0.2, 0) is 6.54 Å². The van der Waals surface area contributed by atoms with Crippen molar-refractivity contribution in [1.29, 1.82) is 0 Å². The summed E-state index contributed by atoms with van der Waals surface area (Å²) in [4.78, 5) is 24.1. The quantitative estimate of drug-likeness (QED) is 0.735. The lowest BCUT2D eigenvalue weighted by Gasteiger charge is -2.50. The fourth-order valence-corrected chi connectivity index (χ4v) is 5.15. The smallest absolute Gasteiger partial charge is 0.260 e. The molecule has 0 amide bonds. The van der Waals surface area contributed by atoms with Crippen molar-refractivity contribution < 1.29 is 4.48 Å². The Morgan fingerprint density at radius 3 is 2.56 bits per heavy atom. The summed E-state index contributed by atoms with van der Waals surface area (Å²) in [5.74, 6) is 0.842. The zero-order valence-corrected chi connectivity index (χ0v) is 14.9. The van der Waals surface area contributed by atoms with Gasteiger partial charge in [-0.2, -0.15) is 0 Å². The average molecular weight is 353 g/mol. The van der Waals surface area contributed by atoms with E-state index in [2.05, 4.69) is 15.3 Å². The molecule has 0 aliphatic carbocycles. The molecule has 3 aromatic rings. The lowest BCUT2D eigenvalue weighted by Crippen LogP contribution is -2.66. The van der Waals surface area contributed by atoms with Crippen LogP contribution in [0.4, 0.5) is 0 Å². The lowest BCUT2D eigenvalue weighted by molar-refractivity contribution is -0.953. The summed E-state index contributed by atoms with van der Waals surface area (Å²) in [6.45, 7) is 7.86. The van der Waals surface area contributed by atoms with Crippen LogP contribution in [0.3, 0.4) is 0 Å². The summed E-state index contributed by atoms with van der Waals surface area (Å²) in [6, 6.07) is 10.1. The Kier molecular flexibility index (Phi) is 3.51. The maximum atomic E-state index is 12.8. The number of piperazine rings is 3. The van der Waals surface area contributed by atoms with E-state index in [1.165, 1.54) is 39.3 Å². The topological polar surface area (TPSA) is 49.0 Å². The Bertz CT molecular complexity index is 956. The number of hydrogen-bond acceptors (Lipinski definition) is 4. The largest absolute Gasteiger partial charge is 0.314 e. The van der Waals surface area contributed by atoms with E-state index in [0.717, 1.165) is 38.2 Å². The molecular weight excluding hydrogens is 332 g/mol. The third kappa shape index (κ3) is 2.61. The Hall–Kier alpha value is -2.02. The third-order valence-corrected chi connectivity index (χ3v) is 6.61. The van der Waals surface area contributed by atoms with Crippen LogP contribution in [0.2, 0.25) is 0 Å². The summed E-state index contributed by atoms with van der Waals surface area (Å²) in [5.41, 5.74) is 2.05. The molecule has 0 atom stereocenters. The van der Waals surface area contributed by atoms with E-state index >= 15 is 0 Å². The van der Waals surface area contributed by atoms with Gasteiger partial charge < -0.3 is 9.47 Å². The summed E-state index contributed by atoms with van der Waals surface area (Å²) < 4.78 is 1.07. The van der Waals surface area contributed by atoms with Gasteiger partial charge in [0.2, 0.25) is 0 Å². The van der Waals surface area contributed by atoms with Gasteiger partial charge in [0.15, 0.2) is 5.82 Å². The second kappa shape index (κ2) is 5.76. The molecule has 6 rings (SSSR count). The second-order valence-corrected chi connectivity index (χ2v) is 8.08. The van der Waals surface area contributed by atoms with E-state index in [-0.39, 0.29) is 5.56 Å². The van der Waals surface area contributed by atoms with Gasteiger partial charge in [0.1, 0.15) is 11.4 Å². The Morgan fingerprint density at radius 1 is 1.12 bits per heavy atom. The van der Waals surface area contributed by atoms with Gasteiger partial charge in [-0.25, -0.2) is 4.98 Å². The van der Waals surface area contributed by atoms with Crippen molar-refractivity contribution in [2.24, 2.45) is 0 Å². The van der Waals surface area contributed by atoms with Crippen LogP contribution >= 0.6 is 11.3 Å². The average Bonchev–Trinajstić information content (AvgIpc) is 3.08. The normalized spacial score (nSPS) is 25.5. The maximum absolute atomic E-state index is 12.8. The van der Waals surface area contributed by atoms with Crippen LogP contribution < -0.4 is 5.56 Å². The number of H-pyrrole nitrogens is 1. The van der Waals surface area contributed by atoms with Gasteiger partial charge in [-0.05, 0) is 5.56 Å². The van der Waals surface area contributed by atoms with Gasteiger partial charge in [0.25, 0.3) is 5.56 Å². The molecule has 1 N–H and O–H groups in total. The molecule has 3 aliphatic heterocycles. The van der Waals surface area contributed by atoms with E-state index in [1.807, 2.05) is 30.3 Å². The molecule has 3 aliphatic rings. The molecule has 0 saturated carbocycles. The molecular formula is C19H21N4OS+. The summed E-state index contributed by atoms with van der Waals surface area (Å²) in [6.07, 6.45) is 0. The van der Waals surface area contributed by atoms with Gasteiger partial charge >= 0.3 is 0 Å². The number of hydrogen-bond donors (Lipinski definition) is 1. The highest BCUT2D eigenvalue weighted by Gasteiger charge is 2.39. The molecule has 128 valence electrons. The first-order valence-electron chi connectivity index (χ1n) is 8.86. The van der Waals surface area contributed by atoms with Crippen LogP contribution in [-0.4, -0.2) is 58.6 Å². The first-order valence-corrected chi connectivity index (χ1v) is 9.74. The number of benzene rings is 1. The number of aromatic nitrogens is 2. The number of fused-ring (bicyclic) bond motifs is 4. The minimum atomic E-state index is -0.00560. The summed E-state index contributed by atoms with van der Waals surface area (Å²) in [7, 11) is 0. The van der Waals surface area contributed by atoms with Crippen LogP contribution in [0.5, 0.6) is 0 Å². The van der Waals surface area contributed by atoms with Crippen LogP contribution in [0.25, 0.3) is 21.3 Å². The van der Waals surface area contributed by atoms with Crippen molar-refractivity contribution in [3.8, 4) is 11.1 Å². The molecule has 5 heterocycles. The van der Waals surface area contributed by atoms with Gasteiger partial charge in [0, 0.05) is 30.6 Å². The Balaban J connectivity index is 1.53. The van der Waals surface area contributed by atoms with Gasteiger partial charge in [-0.1, -0.05) is 30.3 Å². The SMILES string of the molecule is O=c1[nH]c(C[N+]23CCN(CC2)CC3)nc2scc(-c3ccccc3)c12. The first-order chi connectivity index (χ1) is 12.2. The van der Waals surface area contributed by atoms with Gasteiger partial charge in [0.05, 0.1) is 25.0 Å². The summed E-state index contributed by atoms with van der Waals surface area (Å²) >= 11 is 1.57. The minimum Gasteiger partial charge on any atom is -0.314 e. The molecule has 3 fully saturated rings. The molecule has 3 saturated heterocycles. The predicted molar refractivity (Wildman–Crippen MR) is 101 cm³/mol. The Morgan fingerprint density at radius 2 is 1.84 bits per heavy atom. The van der Waals surface area contributed by atoms with Crippen molar-refractivity contribution in [2.75, 3.05) is 39.3 Å². The zero-order chi connectivity index (χ0) is 16.9. The van der Waals surface area contributed by atoms with Gasteiger partial charge in [-0.3, -0.25) is 9.69 Å². The van der Waals surface area contributed by atoms with Crippen molar-refractivity contribution in [3.63, 3.8) is 0 Å². The first kappa shape index (κ1) is 15.3. The highest BCUT2D eigenvalue weighted by Crippen LogP contribution is 2.31. The number of rotatable bonds is 3. The number of nitrogens with one attached hydrogen (secondary N) is 1.